The first kappa shape index (κ1) is 54.8. The zero-order chi connectivity index (χ0) is 44.1. The van der Waals surface area contributed by atoms with Crippen molar-refractivity contribution in [2.75, 3.05) is 19.0 Å². The first-order valence-corrected chi connectivity index (χ1v) is 23.8. The van der Waals surface area contributed by atoms with Crippen molar-refractivity contribution in [3.63, 3.8) is 0 Å². The van der Waals surface area contributed by atoms with Gasteiger partial charge in [0.15, 0.2) is 12.4 Å². The normalized spacial score (nSPS) is 20.9. The SMILES string of the molecule is CC/C=C/C=C/C=C/C=C/CCCCCC(=O)OC(COC(=O)CCCCCCCCCCC/C=C/C/C=C/C/C=C/CC)CO[C@H]1O[C@H](CS(=O)(=O)O)[C@@H](O)C(O)C1O. The van der Waals surface area contributed by atoms with E-state index >= 15 is 0 Å². The quantitative estimate of drug-likeness (QED) is 0.0156. The number of hydrogen-bond acceptors (Lipinski definition) is 11. The van der Waals surface area contributed by atoms with Crippen molar-refractivity contribution in [1.29, 1.82) is 0 Å². The molecule has 1 aliphatic rings. The molecule has 1 fully saturated rings. The minimum Gasteiger partial charge on any atom is -0.462 e. The van der Waals surface area contributed by atoms with Crippen LogP contribution in [0.25, 0.3) is 0 Å². The van der Waals surface area contributed by atoms with Crippen LogP contribution in [-0.2, 0) is 38.7 Å². The van der Waals surface area contributed by atoms with E-state index in [1.54, 1.807) is 0 Å². The summed E-state index contributed by atoms with van der Waals surface area (Å²) >= 11 is 0. The molecule has 0 amide bonds. The zero-order valence-electron chi connectivity index (χ0n) is 36.3. The number of esters is 2. The van der Waals surface area contributed by atoms with Crippen molar-refractivity contribution in [3.05, 3.63) is 85.1 Å². The van der Waals surface area contributed by atoms with Crippen LogP contribution in [0, 0.1) is 0 Å². The van der Waals surface area contributed by atoms with E-state index in [1.165, 1.54) is 32.1 Å². The van der Waals surface area contributed by atoms with E-state index in [-0.39, 0.29) is 19.4 Å². The highest BCUT2D eigenvalue weighted by Crippen LogP contribution is 2.24. The predicted octanol–water partition coefficient (Wildman–Crippen LogP) is 8.89. The Kier molecular flexibility index (Phi) is 33.3. The lowest BCUT2D eigenvalue weighted by Crippen LogP contribution is -2.60. The van der Waals surface area contributed by atoms with Crippen molar-refractivity contribution in [1.82, 2.24) is 0 Å². The maximum atomic E-state index is 12.8. The number of carbonyl (C=O) groups excluding carboxylic acids is 2. The Hall–Kier alpha value is -3.17. The Morgan fingerprint density at radius 2 is 1.08 bits per heavy atom. The molecule has 0 aromatic heterocycles. The van der Waals surface area contributed by atoms with Gasteiger partial charge in [-0.2, -0.15) is 8.42 Å². The van der Waals surface area contributed by atoms with Gasteiger partial charge in [0.25, 0.3) is 10.1 Å². The topological polar surface area (TPSA) is 186 Å². The number of carbonyl (C=O) groups is 2. The summed E-state index contributed by atoms with van der Waals surface area (Å²) in [6.45, 7) is 3.45. The number of unbranched alkanes of at least 4 members (excludes halogenated alkanes) is 12. The summed E-state index contributed by atoms with van der Waals surface area (Å²) in [6.07, 6.45) is 37.8. The van der Waals surface area contributed by atoms with Gasteiger partial charge >= 0.3 is 11.9 Å². The number of ether oxygens (including phenoxy) is 4. The third-order valence-corrected chi connectivity index (χ3v) is 10.3. The van der Waals surface area contributed by atoms with Crippen molar-refractivity contribution in [3.8, 4) is 0 Å². The molecule has 1 saturated heterocycles. The molecule has 1 heterocycles. The van der Waals surface area contributed by atoms with E-state index in [0.29, 0.717) is 12.8 Å². The third kappa shape index (κ3) is 30.8. The van der Waals surface area contributed by atoms with E-state index in [1.807, 2.05) is 36.5 Å². The first-order chi connectivity index (χ1) is 29.0. The molecule has 342 valence electrons. The molecule has 6 atom stereocenters. The fraction of sp³-hybridized carbons (Fsp3) is 0.660. The van der Waals surface area contributed by atoms with E-state index < -0.39 is 71.2 Å². The van der Waals surface area contributed by atoms with Gasteiger partial charge in [-0.3, -0.25) is 14.1 Å². The van der Waals surface area contributed by atoms with Gasteiger partial charge in [-0.05, 0) is 64.2 Å². The minimum absolute atomic E-state index is 0.112. The molecule has 0 aromatic rings. The van der Waals surface area contributed by atoms with Gasteiger partial charge < -0.3 is 34.3 Å². The average molecular weight is 865 g/mol. The van der Waals surface area contributed by atoms with E-state index in [2.05, 4.69) is 62.5 Å². The molecule has 0 saturated carbocycles. The highest BCUT2D eigenvalue weighted by molar-refractivity contribution is 7.85. The number of allylic oxidation sites excluding steroid dienone is 14. The number of rotatable bonds is 35. The number of aliphatic hydroxyl groups excluding tert-OH is 3. The fourth-order valence-corrected chi connectivity index (χ4v) is 6.86. The Morgan fingerprint density at radius 3 is 1.70 bits per heavy atom. The highest BCUT2D eigenvalue weighted by Gasteiger charge is 2.46. The molecule has 0 aliphatic carbocycles. The van der Waals surface area contributed by atoms with Crippen LogP contribution in [0.2, 0.25) is 0 Å². The van der Waals surface area contributed by atoms with Gasteiger partial charge in [0.2, 0.25) is 0 Å². The third-order valence-electron chi connectivity index (χ3n) is 9.56. The Labute approximate surface area is 360 Å². The molecule has 1 rings (SSSR count). The minimum atomic E-state index is -4.61. The molecule has 60 heavy (non-hydrogen) atoms. The largest absolute Gasteiger partial charge is 0.462 e. The van der Waals surface area contributed by atoms with Gasteiger partial charge in [0.05, 0.1) is 6.61 Å². The molecule has 3 unspecified atom stereocenters. The maximum Gasteiger partial charge on any atom is 0.306 e. The molecule has 1 aliphatic heterocycles. The van der Waals surface area contributed by atoms with Gasteiger partial charge in [-0.25, -0.2) is 0 Å². The Bertz CT molecular complexity index is 1430. The van der Waals surface area contributed by atoms with Crippen molar-refractivity contribution < 1.29 is 56.8 Å². The van der Waals surface area contributed by atoms with Crippen LogP contribution in [0.5, 0.6) is 0 Å². The van der Waals surface area contributed by atoms with Crippen molar-refractivity contribution >= 4 is 22.1 Å². The van der Waals surface area contributed by atoms with Gasteiger partial charge in [0.1, 0.15) is 36.8 Å². The predicted molar refractivity (Wildman–Crippen MR) is 238 cm³/mol. The molecule has 4 N–H and O–H groups in total. The standard InChI is InChI=1S/C47H76O12S/c1-3-5-7-9-11-13-15-17-18-19-20-21-22-24-25-27-29-31-33-35-42(48)56-37-40(38-57-47-46(52)45(51)44(50)41(59-47)39-60(53,54)55)58-43(49)36-34-32-30-28-26-23-16-14-12-10-8-6-4-2/h5-8,10-14,16-18,23,26,40-41,44-47,50-52H,3-4,9,15,19-22,24-25,27-39H2,1-2H3,(H,53,54,55)/b7-5+,8-6+,12-10+,13-11+,16-14+,18-17+,26-23+/t40?,41-,44-,45?,46?,47+/m1/s1. The van der Waals surface area contributed by atoms with Crippen LogP contribution in [0.15, 0.2) is 85.1 Å². The summed E-state index contributed by atoms with van der Waals surface area (Å²) in [6, 6.07) is 0. The molecule has 0 spiro atoms. The molecule has 0 bridgehead atoms. The molecule has 13 heteroatoms. The van der Waals surface area contributed by atoms with Crippen LogP contribution in [0.4, 0.5) is 0 Å². The number of hydrogen-bond donors (Lipinski definition) is 4. The van der Waals surface area contributed by atoms with E-state index in [4.69, 9.17) is 18.9 Å². The molecule has 0 radical (unpaired) electrons. The van der Waals surface area contributed by atoms with Crippen LogP contribution in [0.1, 0.15) is 142 Å². The smallest absolute Gasteiger partial charge is 0.306 e. The fourth-order valence-electron chi connectivity index (χ4n) is 6.17. The van der Waals surface area contributed by atoms with Gasteiger partial charge in [0, 0.05) is 12.8 Å². The van der Waals surface area contributed by atoms with E-state index in [0.717, 1.165) is 70.6 Å². The molecular weight excluding hydrogens is 789 g/mol. The summed E-state index contributed by atoms with van der Waals surface area (Å²) in [5, 5.41) is 30.9. The average Bonchev–Trinajstić information content (AvgIpc) is 3.21. The van der Waals surface area contributed by atoms with Gasteiger partial charge in [-0.15, -0.1) is 0 Å². The summed E-state index contributed by atoms with van der Waals surface area (Å²) in [4.78, 5) is 25.4. The second-order valence-electron chi connectivity index (χ2n) is 15.0. The maximum absolute atomic E-state index is 12.8. The van der Waals surface area contributed by atoms with Crippen molar-refractivity contribution in [2.45, 2.75) is 179 Å². The molecule has 0 aromatic carbocycles. The Morgan fingerprint density at radius 1 is 0.583 bits per heavy atom. The summed E-state index contributed by atoms with van der Waals surface area (Å²) in [7, 11) is -4.61. The molecule has 12 nitrogen and oxygen atoms in total. The summed E-state index contributed by atoms with van der Waals surface area (Å²) < 4.78 is 54.0. The van der Waals surface area contributed by atoms with Gasteiger partial charge in [-0.1, -0.05) is 150 Å². The second kappa shape index (κ2) is 36.5. The Balaban J connectivity index is 2.46. The first-order valence-electron chi connectivity index (χ1n) is 22.2. The lowest BCUT2D eigenvalue weighted by atomic mass is 10.00. The lowest BCUT2D eigenvalue weighted by Gasteiger charge is -2.40. The van der Waals surface area contributed by atoms with Crippen LogP contribution < -0.4 is 0 Å². The summed E-state index contributed by atoms with van der Waals surface area (Å²) in [5.74, 6) is -2.06. The molecular formula is C47H76O12S. The monoisotopic (exact) mass is 865 g/mol. The van der Waals surface area contributed by atoms with Crippen molar-refractivity contribution in [2.24, 2.45) is 0 Å². The van der Waals surface area contributed by atoms with Crippen LogP contribution >= 0.6 is 0 Å². The lowest BCUT2D eigenvalue weighted by molar-refractivity contribution is -0.297. The highest BCUT2D eigenvalue weighted by atomic mass is 32.2. The van der Waals surface area contributed by atoms with Crippen LogP contribution in [0.3, 0.4) is 0 Å². The summed E-state index contributed by atoms with van der Waals surface area (Å²) in [5.41, 5.74) is 0. The van der Waals surface area contributed by atoms with E-state index in [9.17, 15) is 37.9 Å². The number of aliphatic hydroxyl groups is 3. The van der Waals surface area contributed by atoms with Crippen LogP contribution in [-0.4, -0.2) is 96.0 Å². The zero-order valence-corrected chi connectivity index (χ0v) is 37.1. The second-order valence-corrected chi connectivity index (χ2v) is 16.5.